The molecule has 81 heavy (non-hydrogen) atoms. The third kappa shape index (κ3) is 34.7. The highest BCUT2D eigenvalue weighted by atomic mass is 127. The fourth-order valence-electron chi connectivity index (χ4n) is 7.95. The van der Waals surface area contributed by atoms with Gasteiger partial charge in [-0.1, -0.05) is 37.1 Å². The highest BCUT2D eigenvalue weighted by Crippen LogP contribution is 2.16. The Labute approximate surface area is 483 Å². The highest BCUT2D eigenvalue weighted by molar-refractivity contribution is 14.1. The van der Waals surface area contributed by atoms with Crippen molar-refractivity contribution >= 4 is 88.1 Å². The molecule has 2 aromatic rings. The Hall–Kier alpha value is -7.02. The van der Waals surface area contributed by atoms with Gasteiger partial charge in [-0.05, 0) is 109 Å². The molecule has 2 rings (SSSR count). The Morgan fingerprint density at radius 2 is 0.963 bits per heavy atom. The number of rotatable bonds is 46. The van der Waals surface area contributed by atoms with Gasteiger partial charge in [0.15, 0.2) is 0 Å². The van der Waals surface area contributed by atoms with Crippen molar-refractivity contribution in [2.45, 2.75) is 109 Å². The minimum Gasteiger partial charge on any atom is -0.481 e. The molecule has 6 amide bonds. The third-order valence-electron chi connectivity index (χ3n) is 12.3. The van der Waals surface area contributed by atoms with Crippen molar-refractivity contribution in [2.75, 3.05) is 85.1 Å². The summed E-state index contributed by atoms with van der Waals surface area (Å²) in [7, 11) is 0. The number of hydrogen-bond acceptors (Lipinski definition) is 15. The third-order valence-corrected chi connectivity index (χ3v) is 13.0. The fourth-order valence-corrected chi connectivity index (χ4v) is 8.31. The Balaban J connectivity index is 1.72. The van der Waals surface area contributed by atoms with Gasteiger partial charge in [0.2, 0.25) is 17.7 Å². The van der Waals surface area contributed by atoms with Crippen molar-refractivity contribution in [1.82, 2.24) is 51.9 Å². The first-order valence-corrected chi connectivity index (χ1v) is 27.9. The maximum absolute atomic E-state index is 13.8. The van der Waals surface area contributed by atoms with E-state index in [9.17, 15) is 68.1 Å². The summed E-state index contributed by atoms with van der Waals surface area (Å²) in [4.78, 5) is 137. The average Bonchev–Trinajstić information content (AvgIpc) is 3.41. The molecule has 0 saturated carbocycles. The van der Waals surface area contributed by atoms with Crippen LogP contribution in [0.5, 0.6) is 0 Å². The van der Waals surface area contributed by atoms with Crippen molar-refractivity contribution in [3.05, 3.63) is 68.8 Å². The van der Waals surface area contributed by atoms with Crippen molar-refractivity contribution in [3.8, 4) is 0 Å². The van der Waals surface area contributed by atoms with Crippen LogP contribution in [0.25, 0.3) is 0 Å². The lowest BCUT2D eigenvalue weighted by Gasteiger charge is -2.26. The summed E-state index contributed by atoms with van der Waals surface area (Å²) < 4.78 is 1.01. The van der Waals surface area contributed by atoms with Crippen LogP contribution < -0.4 is 37.2 Å². The molecule has 0 aromatic heterocycles. The zero-order chi connectivity index (χ0) is 60.0. The number of carbonyl (C=O) groups is 11. The first kappa shape index (κ1) is 70.1. The van der Waals surface area contributed by atoms with E-state index >= 15 is 0 Å². The number of urea groups is 1. The van der Waals surface area contributed by atoms with Gasteiger partial charge in [-0.2, -0.15) is 0 Å². The van der Waals surface area contributed by atoms with Crippen molar-refractivity contribution in [1.29, 1.82) is 0 Å². The molecule has 0 unspecified atom stereocenters. The number of nitrogens with one attached hydrogen (secondary N) is 7. The molecule has 450 valence electrons. The molecule has 0 aliphatic rings. The Morgan fingerprint density at radius 3 is 1.52 bits per heavy atom. The number of carbonyl (C=O) groups excluding carboxylic acids is 5. The summed E-state index contributed by atoms with van der Waals surface area (Å²) >= 11 is 2.17. The van der Waals surface area contributed by atoms with Crippen LogP contribution in [-0.4, -0.2) is 208 Å². The first-order valence-electron chi connectivity index (χ1n) is 26.8. The molecule has 27 nitrogen and oxygen atoms in total. The number of hydrogen-bond donors (Lipinski definition) is 13. The van der Waals surface area contributed by atoms with Crippen LogP contribution in [0.4, 0.5) is 4.79 Å². The number of carboxylic acids is 6. The second-order valence-corrected chi connectivity index (χ2v) is 20.3. The van der Waals surface area contributed by atoms with E-state index in [1.165, 1.54) is 0 Å². The molecular weight excluding hydrogens is 1180 g/mol. The molecule has 0 aliphatic heterocycles. The molecule has 0 aliphatic carbocycles. The zero-order valence-corrected chi connectivity index (χ0v) is 47.6. The van der Waals surface area contributed by atoms with Gasteiger partial charge >= 0.3 is 41.8 Å². The number of amides is 6. The van der Waals surface area contributed by atoms with E-state index in [0.717, 1.165) is 27.5 Å². The lowest BCUT2D eigenvalue weighted by Crippen LogP contribution is -2.51. The minimum absolute atomic E-state index is 0.000355. The van der Waals surface area contributed by atoms with Crippen LogP contribution in [0.3, 0.4) is 0 Å². The molecule has 0 saturated heterocycles. The molecule has 0 fully saturated rings. The summed E-state index contributed by atoms with van der Waals surface area (Å²) in [6, 6.07) is 10.4. The number of aliphatic carboxylic acids is 6. The van der Waals surface area contributed by atoms with Crippen LogP contribution in [0.2, 0.25) is 0 Å². The summed E-state index contributed by atoms with van der Waals surface area (Å²) in [5.41, 5.74) is 2.02. The average molecular weight is 1260 g/mol. The first-order chi connectivity index (χ1) is 38.6. The van der Waals surface area contributed by atoms with Crippen molar-refractivity contribution in [2.24, 2.45) is 0 Å². The predicted molar refractivity (Wildman–Crippen MR) is 302 cm³/mol. The monoisotopic (exact) mass is 1250 g/mol. The van der Waals surface area contributed by atoms with Gasteiger partial charge in [0.25, 0.3) is 5.91 Å². The van der Waals surface area contributed by atoms with Crippen LogP contribution in [0.1, 0.15) is 105 Å². The van der Waals surface area contributed by atoms with E-state index in [0.29, 0.717) is 70.3 Å². The van der Waals surface area contributed by atoms with Gasteiger partial charge in [0.05, 0.1) is 26.2 Å². The maximum Gasteiger partial charge on any atom is 0.326 e. The number of nitrogens with zero attached hydrogens (tertiary/aromatic N) is 3. The van der Waals surface area contributed by atoms with Crippen LogP contribution in [0.15, 0.2) is 48.5 Å². The number of benzene rings is 2. The second-order valence-electron chi connectivity index (χ2n) is 19.1. The Morgan fingerprint density at radius 1 is 0.457 bits per heavy atom. The SMILES string of the molecule is O=C(O)CC[C@@H](NC(=O)N[C@H](CCCCN(Cc1ccc(I)cc1)C(=O)c1ccc(CNC(=O)CCCCNC(=O)CCCCCCNC(=O)CN(CCNCC(=O)O)CCN(CCNCC(=O)O)CC(=O)O)cc1)C(=O)O)C(=O)O. The molecule has 2 aromatic carbocycles. The van der Waals surface area contributed by atoms with E-state index in [1.807, 2.05) is 24.3 Å². The van der Waals surface area contributed by atoms with Gasteiger partial charge in [0, 0.05) is 100 Å². The van der Waals surface area contributed by atoms with Gasteiger partial charge in [-0.15, -0.1) is 0 Å². The molecule has 2 atom stereocenters. The van der Waals surface area contributed by atoms with Gasteiger partial charge in [0.1, 0.15) is 12.1 Å². The molecule has 0 radical (unpaired) electrons. The van der Waals surface area contributed by atoms with E-state index in [-0.39, 0.29) is 115 Å². The van der Waals surface area contributed by atoms with Crippen molar-refractivity contribution in [3.63, 3.8) is 0 Å². The van der Waals surface area contributed by atoms with Gasteiger partial charge < -0.3 is 72.8 Å². The summed E-state index contributed by atoms with van der Waals surface area (Å²) in [6.07, 6.45) is 4.27. The van der Waals surface area contributed by atoms with Crippen LogP contribution in [0, 0.1) is 3.57 Å². The summed E-state index contributed by atoms with van der Waals surface area (Å²) in [6.45, 7) is 2.43. The van der Waals surface area contributed by atoms with E-state index in [4.69, 9.17) is 15.3 Å². The number of carboxylic acid groups (broad SMARTS) is 6. The summed E-state index contributed by atoms with van der Waals surface area (Å²) in [5, 5.41) is 73.4. The lowest BCUT2D eigenvalue weighted by molar-refractivity contribution is -0.141. The maximum atomic E-state index is 13.8. The Bertz CT molecular complexity index is 2330. The van der Waals surface area contributed by atoms with Gasteiger partial charge in [-0.25, -0.2) is 14.4 Å². The van der Waals surface area contributed by atoms with E-state index < -0.39 is 66.8 Å². The molecule has 0 bridgehead atoms. The lowest BCUT2D eigenvalue weighted by atomic mass is 10.1. The van der Waals surface area contributed by atoms with Crippen LogP contribution >= 0.6 is 22.6 Å². The van der Waals surface area contributed by atoms with Crippen molar-refractivity contribution < 1.29 is 83.4 Å². The number of halogens is 1. The van der Waals surface area contributed by atoms with E-state index in [2.05, 4.69) is 59.8 Å². The highest BCUT2D eigenvalue weighted by Gasteiger charge is 2.26. The molecule has 28 heteroatoms. The number of unbranched alkanes of at least 4 members (excludes halogenated alkanes) is 5. The van der Waals surface area contributed by atoms with E-state index in [1.54, 1.807) is 39.0 Å². The second kappa shape index (κ2) is 41.0. The largest absolute Gasteiger partial charge is 0.481 e. The molecular formula is C53H79IN10O17. The van der Waals surface area contributed by atoms with Crippen LogP contribution in [-0.2, 0) is 56.2 Å². The predicted octanol–water partition coefficient (Wildman–Crippen LogP) is 1.18. The fraction of sp³-hybridized carbons (Fsp3) is 0.566. The molecule has 0 heterocycles. The van der Waals surface area contributed by atoms with Gasteiger partial charge in [-0.3, -0.25) is 48.2 Å². The minimum atomic E-state index is -1.54. The standard InChI is InChI=1S/C53H79IN10O17/c54-40-18-14-38(15-19-40)34-64(26-8-5-9-41(51(77)78)60-53(81)61-42(52(79)80)20-21-46(68)69)50(76)39-16-12-37(13-17-39)31-59-44(66)11-4-7-23-57-43(65)10-3-1-2-6-22-58-45(67)35-62(27-24-55-32-47(70)71)29-30-63(36-49(74)75)28-25-56-33-48(72)73/h12-19,41-42,55-56H,1-11,20-36H2,(H,57,65)(H,58,67)(H,59,66)(H,68,69)(H,70,71)(H,72,73)(H,74,75)(H,77,78)(H,79,80)(H2,60,61,81)/t41-,42-/m1/s1. The smallest absolute Gasteiger partial charge is 0.326 e. The molecule has 0 spiro atoms. The summed E-state index contributed by atoms with van der Waals surface area (Å²) in [5.74, 6) is -8.02. The topological polar surface area (TPSA) is 403 Å². The Kier molecular flexibility index (Phi) is 35.5. The molecule has 13 N–H and O–H groups in total. The normalized spacial score (nSPS) is 11.7. The quantitative estimate of drug-likeness (QED) is 0.0327. The zero-order valence-electron chi connectivity index (χ0n) is 45.5.